The van der Waals surface area contributed by atoms with Gasteiger partial charge in [-0.15, -0.1) is 0 Å². The van der Waals surface area contributed by atoms with Gasteiger partial charge in [0.05, 0.1) is 5.56 Å². The van der Waals surface area contributed by atoms with Gasteiger partial charge in [0.25, 0.3) is 0 Å². The van der Waals surface area contributed by atoms with E-state index in [1.165, 1.54) is 50.1 Å². The van der Waals surface area contributed by atoms with Crippen LogP contribution in [0.25, 0.3) is 5.57 Å². The number of carbonyl (C=O) groups is 1. The summed E-state index contributed by atoms with van der Waals surface area (Å²) in [5.74, 6) is -0.876. The van der Waals surface area contributed by atoms with E-state index in [0.29, 0.717) is 5.56 Å². The van der Waals surface area contributed by atoms with Crippen LogP contribution in [-0.4, -0.2) is 11.1 Å². The van der Waals surface area contributed by atoms with Crippen LogP contribution in [0.5, 0.6) is 0 Å². The Kier molecular flexibility index (Phi) is 5.59. The Balaban J connectivity index is 1.56. The Hall–Kier alpha value is -3.13. The summed E-state index contributed by atoms with van der Waals surface area (Å²) in [7, 11) is 0. The molecule has 1 aliphatic rings. The summed E-state index contributed by atoms with van der Waals surface area (Å²) in [5, 5.41) is 9.09. The second-order valence-electron chi connectivity index (χ2n) is 8.43. The van der Waals surface area contributed by atoms with Gasteiger partial charge in [0.15, 0.2) is 0 Å². The predicted octanol–water partition coefficient (Wildman–Crippen LogP) is 6.28. The molecular weight excluding hydrogens is 368 g/mol. The molecule has 1 aliphatic carbocycles. The quantitative estimate of drug-likeness (QED) is 0.532. The predicted molar refractivity (Wildman–Crippen MR) is 123 cm³/mol. The molecule has 0 fully saturated rings. The molecule has 1 N–H and O–H groups in total. The molecule has 0 aromatic heterocycles. The SMILES string of the molecule is Cc1cc(C)c(C)c(CC2=CCc3cccc(CCc4ccc(C(=O)O)cc4)c32)c1. The normalized spacial score (nSPS) is 12.6. The van der Waals surface area contributed by atoms with E-state index in [9.17, 15) is 4.79 Å². The number of hydrogen-bond donors (Lipinski definition) is 1. The Morgan fingerprint density at radius 3 is 2.43 bits per heavy atom. The topological polar surface area (TPSA) is 37.3 Å². The number of carboxylic acids is 1. The minimum atomic E-state index is -0.876. The summed E-state index contributed by atoms with van der Waals surface area (Å²) in [6.45, 7) is 6.60. The first kappa shape index (κ1) is 20.2. The molecule has 3 aromatic carbocycles. The van der Waals surface area contributed by atoms with Crippen molar-refractivity contribution in [2.24, 2.45) is 0 Å². The van der Waals surface area contributed by atoms with Crippen LogP contribution < -0.4 is 0 Å². The van der Waals surface area contributed by atoms with Gasteiger partial charge < -0.3 is 5.11 Å². The summed E-state index contributed by atoms with van der Waals surface area (Å²) >= 11 is 0. The van der Waals surface area contributed by atoms with Gasteiger partial charge in [0.1, 0.15) is 0 Å². The van der Waals surface area contributed by atoms with Gasteiger partial charge >= 0.3 is 5.97 Å². The van der Waals surface area contributed by atoms with Gasteiger partial charge in [-0.05, 0) is 103 Å². The Bertz CT molecular complexity index is 1130. The van der Waals surface area contributed by atoms with Crippen LogP contribution in [0, 0.1) is 20.8 Å². The van der Waals surface area contributed by atoms with Crippen LogP contribution in [0.3, 0.4) is 0 Å². The molecule has 0 saturated carbocycles. The monoisotopic (exact) mass is 396 g/mol. The Morgan fingerprint density at radius 1 is 0.933 bits per heavy atom. The molecule has 30 heavy (non-hydrogen) atoms. The van der Waals surface area contributed by atoms with Crippen LogP contribution in [0.15, 0.2) is 60.7 Å². The maximum absolute atomic E-state index is 11.1. The number of hydrogen-bond acceptors (Lipinski definition) is 1. The first-order valence-electron chi connectivity index (χ1n) is 10.6. The van der Waals surface area contributed by atoms with Crippen molar-refractivity contribution in [2.75, 3.05) is 0 Å². The average Bonchev–Trinajstić information content (AvgIpc) is 3.14. The summed E-state index contributed by atoms with van der Waals surface area (Å²) in [6.07, 6.45) is 6.25. The molecule has 0 bridgehead atoms. The van der Waals surface area contributed by atoms with Crippen molar-refractivity contribution in [3.05, 3.63) is 111 Å². The second-order valence-corrected chi connectivity index (χ2v) is 8.43. The fourth-order valence-corrected chi connectivity index (χ4v) is 4.55. The van der Waals surface area contributed by atoms with Gasteiger partial charge in [-0.3, -0.25) is 0 Å². The van der Waals surface area contributed by atoms with E-state index in [4.69, 9.17) is 5.11 Å². The number of benzene rings is 3. The molecule has 4 rings (SSSR count). The smallest absolute Gasteiger partial charge is 0.335 e. The fraction of sp³-hybridized carbons (Fsp3) is 0.250. The van der Waals surface area contributed by atoms with Gasteiger partial charge in [-0.25, -0.2) is 4.79 Å². The van der Waals surface area contributed by atoms with Gasteiger partial charge in [0, 0.05) is 0 Å². The molecule has 2 nitrogen and oxygen atoms in total. The standard InChI is InChI=1S/C28H28O2/c1-18-15-19(2)20(3)26(16-18)17-25-14-13-23-6-4-5-22(27(23)25)10-7-21-8-11-24(12-9-21)28(29)30/h4-6,8-9,11-12,14-16H,7,10,13,17H2,1-3H3,(H,29,30). The zero-order valence-corrected chi connectivity index (χ0v) is 18.0. The number of fused-ring (bicyclic) bond motifs is 1. The van der Waals surface area contributed by atoms with E-state index in [2.05, 4.69) is 57.2 Å². The van der Waals surface area contributed by atoms with E-state index in [1.54, 1.807) is 12.1 Å². The number of aromatic carboxylic acids is 1. The highest BCUT2D eigenvalue weighted by Gasteiger charge is 2.19. The maximum atomic E-state index is 11.1. The summed E-state index contributed by atoms with van der Waals surface area (Å²) in [6, 6.07) is 18.5. The maximum Gasteiger partial charge on any atom is 0.335 e. The van der Waals surface area contributed by atoms with E-state index in [0.717, 1.165) is 25.7 Å². The number of aryl methyl sites for hydroxylation is 4. The van der Waals surface area contributed by atoms with Gasteiger partial charge in [-0.1, -0.05) is 54.1 Å². The van der Waals surface area contributed by atoms with Crippen LogP contribution in [0.4, 0.5) is 0 Å². The molecule has 0 aliphatic heterocycles. The van der Waals surface area contributed by atoms with Crippen LogP contribution in [0.1, 0.15) is 54.9 Å². The molecule has 0 saturated heterocycles. The first-order valence-corrected chi connectivity index (χ1v) is 10.6. The van der Waals surface area contributed by atoms with E-state index < -0.39 is 5.97 Å². The number of allylic oxidation sites excluding steroid dienone is 2. The summed E-state index contributed by atoms with van der Waals surface area (Å²) in [5.41, 5.74) is 12.7. The lowest BCUT2D eigenvalue weighted by Gasteiger charge is -2.15. The van der Waals surface area contributed by atoms with Crippen LogP contribution >= 0.6 is 0 Å². The van der Waals surface area contributed by atoms with Crippen molar-refractivity contribution in [3.8, 4) is 0 Å². The lowest BCUT2D eigenvalue weighted by molar-refractivity contribution is 0.0697. The molecule has 0 spiro atoms. The van der Waals surface area contributed by atoms with E-state index >= 15 is 0 Å². The Morgan fingerprint density at radius 2 is 1.70 bits per heavy atom. The molecule has 0 unspecified atom stereocenters. The highest BCUT2D eigenvalue weighted by atomic mass is 16.4. The van der Waals surface area contributed by atoms with Crippen LogP contribution in [-0.2, 0) is 25.7 Å². The van der Waals surface area contributed by atoms with Crippen molar-refractivity contribution in [1.82, 2.24) is 0 Å². The van der Waals surface area contributed by atoms with E-state index in [1.807, 2.05) is 12.1 Å². The third-order valence-corrected chi connectivity index (χ3v) is 6.31. The number of carboxylic acid groups (broad SMARTS) is 1. The van der Waals surface area contributed by atoms with Crippen molar-refractivity contribution in [2.45, 2.75) is 46.5 Å². The van der Waals surface area contributed by atoms with Gasteiger partial charge in [0.2, 0.25) is 0 Å². The minimum absolute atomic E-state index is 0.341. The molecular formula is C28H28O2. The zero-order valence-electron chi connectivity index (χ0n) is 18.0. The van der Waals surface area contributed by atoms with Gasteiger partial charge in [-0.2, -0.15) is 0 Å². The molecule has 0 amide bonds. The van der Waals surface area contributed by atoms with Crippen molar-refractivity contribution in [3.63, 3.8) is 0 Å². The third kappa shape index (κ3) is 4.09. The van der Waals surface area contributed by atoms with E-state index in [-0.39, 0.29) is 0 Å². The van der Waals surface area contributed by atoms with Crippen molar-refractivity contribution < 1.29 is 9.90 Å². The molecule has 0 heterocycles. The van der Waals surface area contributed by atoms with Crippen molar-refractivity contribution >= 4 is 11.5 Å². The highest BCUT2D eigenvalue weighted by molar-refractivity contribution is 5.87. The molecule has 0 radical (unpaired) electrons. The lowest BCUT2D eigenvalue weighted by Crippen LogP contribution is -2.01. The van der Waals surface area contributed by atoms with Crippen LogP contribution in [0.2, 0.25) is 0 Å². The molecule has 3 aromatic rings. The molecule has 0 atom stereocenters. The summed E-state index contributed by atoms with van der Waals surface area (Å²) in [4.78, 5) is 11.1. The zero-order chi connectivity index (χ0) is 21.3. The summed E-state index contributed by atoms with van der Waals surface area (Å²) < 4.78 is 0. The minimum Gasteiger partial charge on any atom is -0.478 e. The average molecular weight is 397 g/mol. The third-order valence-electron chi connectivity index (χ3n) is 6.31. The fourth-order valence-electron chi connectivity index (χ4n) is 4.55. The van der Waals surface area contributed by atoms with Crippen molar-refractivity contribution in [1.29, 1.82) is 0 Å². The number of rotatable bonds is 6. The molecule has 152 valence electrons. The lowest BCUT2D eigenvalue weighted by atomic mass is 9.89. The highest BCUT2D eigenvalue weighted by Crippen LogP contribution is 2.34. The second kappa shape index (κ2) is 8.31. The molecule has 2 heteroatoms. The first-order chi connectivity index (χ1) is 14.4. The Labute approximate surface area is 178 Å². The largest absolute Gasteiger partial charge is 0.478 e.